The van der Waals surface area contributed by atoms with Crippen LogP contribution in [0.3, 0.4) is 0 Å². The third kappa shape index (κ3) is 1.96. The monoisotopic (exact) mass is 165 g/mol. The smallest absolute Gasteiger partial charge is 0.0430 e. The Labute approximate surface area is 75.6 Å². The molecule has 0 radical (unpaired) electrons. The molecule has 1 aliphatic heterocycles. The van der Waals surface area contributed by atoms with E-state index in [-0.39, 0.29) is 5.41 Å². The molecule has 1 heteroatoms. The van der Waals surface area contributed by atoms with Crippen LogP contribution in [0.15, 0.2) is 16.6 Å². The van der Waals surface area contributed by atoms with Crippen LogP contribution in [0.4, 0.5) is 0 Å². The van der Waals surface area contributed by atoms with Crippen LogP contribution in [0, 0.1) is 5.41 Å². The second-order valence-electron chi connectivity index (χ2n) is 4.35. The Bertz CT molecular complexity index is 216. The highest BCUT2D eigenvalue weighted by molar-refractivity contribution is 6.04. The van der Waals surface area contributed by atoms with E-state index in [4.69, 9.17) is 0 Å². The zero-order valence-electron chi connectivity index (χ0n) is 8.65. The molecule has 0 saturated heterocycles. The third-order valence-corrected chi connectivity index (χ3v) is 2.19. The average Bonchev–Trinajstić information content (AvgIpc) is 2.03. The first-order chi connectivity index (χ1) is 5.55. The summed E-state index contributed by atoms with van der Waals surface area (Å²) in [5, 5.41) is 0. The molecule has 0 aromatic rings. The molecule has 0 aliphatic carbocycles. The summed E-state index contributed by atoms with van der Waals surface area (Å²) >= 11 is 0. The summed E-state index contributed by atoms with van der Waals surface area (Å²) in [5.41, 5.74) is 2.99. The van der Waals surface area contributed by atoms with Crippen molar-refractivity contribution in [1.29, 1.82) is 0 Å². The first kappa shape index (κ1) is 9.50. The topological polar surface area (TPSA) is 12.4 Å². The van der Waals surface area contributed by atoms with Crippen LogP contribution in [0.1, 0.15) is 40.5 Å². The van der Waals surface area contributed by atoms with E-state index in [1.54, 1.807) is 0 Å². The predicted molar refractivity (Wildman–Crippen MR) is 54.7 cm³/mol. The van der Waals surface area contributed by atoms with Crippen LogP contribution in [-0.4, -0.2) is 12.3 Å². The minimum absolute atomic E-state index is 0.224. The van der Waals surface area contributed by atoms with Gasteiger partial charge in [0.1, 0.15) is 0 Å². The molecule has 0 spiro atoms. The minimum atomic E-state index is 0.224. The Balaban J connectivity index is 2.88. The summed E-state index contributed by atoms with van der Waals surface area (Å²) in [4.78, 5) is 4.60. The predicted octanol–water partition coefficient (Wildman–Crippen LogP) is 3.21. The fourth-order valence-electron chi connectivity index (χ4n) is 1.64. The summed E-state index contributed by atoms with van der Waals surface area (Å²) < 4.78 is 0. The SMILES string of the molecule is CCC1=CCCN=C1C(C)(C)C. The largest absolute Gasteiger partial charge is 0.289 e. The summed E-state index contributed by atoms with van der Waals surface area (Å²) in [5.74, 6) is 0. The van der Waals surface area contributed by atoms with Gasteiger partial charge in [-0.15, -0.1) is 0 Å². The van der Waals surface area contributed by atoms with E-state index in [1.807, 2.05) is 0 Å². The van der Waals surface area contributed by atoms with E-state index in [0.717, 1.165) is 19.4 Å². The molecule has 0 bridgehead atoms. The molecule has 0 saturated carbocycles. The van der Waals surface area contributed by atoms with Crippen molar-refractivity contribution in [2.75, 3.05) is 6.54 Å². The van der Waals surface area contributed by atoms with Crippen LogP contribution in [-0.2, 0) is 0 Å². The van der Waals surface area contributed by atoms with E-state index in [2.05, 4.69) is 38.8 Å². The molecule has 0 amide bonds. The summed E-state index contributed by atoms with van der Waals surface area (Å²) in [6, 6.07) is 0. The molecule has 1 heterocycles. The van der Waals surface area contributed by atoms with Crippen molar-refractivity contribution in [3.63, 3.8) is 0 Å². The molecule has 1 aliphatic rings. The number of rotatable bonds is 1. The summed E-state index contributed by atoms with van der Waals surface area (Å²) in [6.07, 6.45) is 4.59. The fraction of sp³-hybridized carbons (Fsp3) is 0.727. The lowest BCUT2D eigenvalue weighted by molar-refractivity contribution is 0.583. The van der Waals surface area contributed by atoms with Gasteiger partial charge in [0.15, 0.2) is 0 Å². The number of dihydropyridines is 1. The molecule has 0 aromatic heterocycles. The Kier molecular flexibility index (Phi) is 2.71. The van der Waals surface area contributed by atoms with Crippen LogP contribution in [0.2, 0.25) is 0 Å². The van der Waals surface area contributed by atoms with Gasteiger partial charge in [-0.1, -0.05) is 33.8 Å². The Hall–Kier alpha value is -0.590. The van der Waals surface area contributed by atoms with Gasteiger partial charge in [0.05, 0.1) is 0 Å². The van der Waals surface area contributed by atoms with E-state index in [1.165, 1.54) is 11.3 Å². The Morgan fingerprint density at radius 2 is 2.08 bits per heavy atom. The van der Waals surface area contributed by atoms with Crippen molar-refractivity contribution in [3.05, 3.63) is 11.6 Å². The number of hydrogen-bond acceptors (Lipinski definition) is 1. The molecule has 0 N–H and O–H groups in total. The molecular formula is C11H19N. The van der Waals surface area contributed by atoms with Crippen LogP contribution in [0.5, 0.6) is 0 Å². The maximum atomic E-state index is 4.60. The minimum Gasteiger partial charge on any atom is -0.289 e. The van der Waals surface area contributed by atoms with Gasteiger partial charge in [-0.25, -0.2) is 0 Å². The van der Waals surface area contributed by atoms with Crippen molar-refractivity contribution in [2.45, 2.75) is 40.5 Å². The maximum absolute atomic E-state index is 4.60. The standard InChI is InChI=1S/C11H19N/c1-5-9-7-6-8-12-10(9)11(2,3)4/h7H,5-6,8H2,1-4H3. The second kappa shape index (κ2) is 3.42. The van der Waals surface area contributed by atoms with Crippen molar-refractivity contribution in [1.82, 2.24) is 0 Å². The molecular weight excluding hydrogens is 146 g/mol. The van der Waals surface area contributed by atoms with Crippen molar-refractivity contribution < 1.29 is 0 Å². The fourth-order valence-corrected chi connectivity index (χ4v) is 1.64. The molecule has 12 heavy (non-hydrogen) atoms. The summed E-state index contributed by atoms with van der Waals surface area (Å²) in [6.45, 7) is 9.90. The quantitative estimate of drug-likeness (QED) is 0.565. The first-order valence-electron chi connectivity index (χ1n) is 4.80. The highest BCUT2D eigenvalue weighted by Gasteiger charge is 2.22. The number of aliphatic imine (C=N–C) groups is 1. The highest BCUT2D eigenvalue weighted by Crippen LogP contribution is 2.25. The second-order valence-corrected chi connectivity index (χ2v) is 4.35. The van der Waals surface area contributed by atoms with Crippen LogP contribution in [0.25, 0.3) is 0 Å². The molecule has 0 aromatic carbocycles. The van der Waals surface area contributed by atoms with Crippen molar-refractivity contribution >= 4 is 5.71 Å². The van der Waals surface area contributed by atoms with E-state index in [0.29, 0.717) is 0 Å². The number of allylic oxidation sites excluding steroid dienone is 1. The number of hydrogen-bond donors (Lipinski definition) is 0. The molecule has 1 nitrogen and oxygen atoms in total. The Morgan fingerprint density at radius 1 is 1.42 bits per heavy atom. The van der Waals surface area contributed by atoms with Gasteiger partial charge in [0.2, 0.25) is 0 Å². The molecule has 0 fully saturated rings. The summed E-state index contributed by atoms with van der Waals surface area (Å²) in [7, 11) is 0. The molecule has 0 atom stereocenters. The van der Waals surface area contributed by atoms with Crippen molar-refractivity contribution in [2.24, 2.45) is 10.4 Å². The molecule has 0 unspecified atom stereocenters. The molecule has 68 valence electrons. The average molecular weight is 165 g/mol. The van der Waals surface area contributed by atoms with E-state index >= 15 is 0 Å². The Morgan fingerprint density at radius 3 is 2.50 bits per heavy atom. The van der Waals surface area contributed by atoms with Crippen molar-refractivity contribution in [3.8, 4) is 0 Å². The van der Waals surface area contributed by atoms with Gasteiger partial charge < -0.3 is 0 Å². The lowest BCUT2D eigenvalue weighted by Gasteiger charge is -2.25. The normalized spacial score (nSPS) is 18.7. The van der Waals surface area contributed by atoms with Gasteiger partial charge in [-0.2, -0.15) is 0 Å². The zero-order chi connectivity index (χ0) is 9.19. The molecule has 1 rings (SSSR count). The van der Waals surface area contributed by atoms with Gasteiger partial charge >= 0.3 is 0 Å². The first-order valence-corrected chi connectivity index (χ1v) is 4.80. The lowest BCUT2D eigenvalue weighted by atomic mass is 9.83. The van der Waals surface area contributed by atoms with Gasteiger partial charge in [-0.3, -0.25) is 4.99 Å². The third-order valence-electron chi connectivity index (χ3n) is 2.19. The van der Waals surface area contributed by atoms with Gasteiger partial charge in [0, 0.05) is 17.7 Å². The van der Waals surface area contributed by atoms with Gasteiger partial charge in [-0.05, 0) is 18.4 Å². The van der Waals surface area contributed by atoms with E-state index in [9.17, 15) is 0 Å². The maximum Gasteiger partial charge on any atom is 0.0430 e. The van der Waals surface area contributed by atoms with E-state index < -0.39 is 0 Å². The lowest BCUT2D eigenvalue weighted by Crippen LogP contribution is -2.24. The van der Waals surface area contributed by atoms with Crippen LogP contribution < -0.4 is 0 Å². The highest BCUT2D eigenvalue weighted by atomic mass is 14.8. The van der Waals surface area contributed by atoms with Crippen LogP contribution >= 0.6 is 0 Å². The van der Waals surface area contributed by atoms with Gasteiger partial charge in [0.25, 0.3) is 0 Å². The zero-order valence-corrected chi connectivity index (χ0v) is 8.65. The number of nitrogens with zero attached hydrogens (tertiary/aromatic N) is 1.